The predicted molar refractivity (Wildman–Crippen MR) is 128 cm³/mol. The van der Waals surface area contributed by atoms with E-state index >= 15 is 0 Å². The summed E-state index contributed by atoms with van der Waals surface area (Å²) >= 11 is 1.48. The Bertz CT molecular complexity index is 1230. The highest BCUT2D eigenvalue weighted by Crippen LogP contribution is 2.31. The molecule has 9 heteroatoms. The van der Waals surface area contributed by atoms with Gasteiger partial charge in [0, 0.05) is 32.1 Å². The molecule has 0 spiro atoms. The average molecular weight is 474 g/mol. The molecule has 1 amide bonds. The maximum atomic E-state index is 12.8. The van der Waals surface area contributed by atoms with Crippen LogP contribution < -0.4 is 4.90 Å². The molecule has 0 fully saturated rings. The van der Waals surface area contributed by atoms with Crippen LogP contribution in [0.1, 0.15) is 42.6 Å². The first-order chi connectivity index (χ1) is 15.1. The van der Waals surface area contributed by atoms with Gasteiger partial charge in [0.1, 0.15) is 0 Å². The van der Waals surface area contributed by atoms with Gasteiger partial charge in [-0.05, 0) is 51.0 Å². The fourth-order valence-electron chi connectivity index (χ4n) is 3.36. The third-order valence-corrected chi connectivity index (χ3v) is 8.20. The van der Waals surface area contributed by atoms with E-state index in [9.17, 15) is 18.0 Å². The van der Waals surface area contributed by atoms with E-state index in [2.05, 4.69) is 4.98 Å². The summed E-state index contributed by atoms with van der Waals surface area (Å²) in [4.78, 5) is 30.6. The number of hydrogen-bond acceptors (Lipinski definition) is 6. The lowest BCUT2D eigenvalue weighted by atomic mass is 10.2. The highest BCUT2D eigenvalue weighted by Gasteiger charge is 2.22. The molecule has 0 aliphatic heterocycles. The first-order valence-electron chi connectivity index (χ1n) is 10.4. The van der Waals surface area contributed by atoms with Crippen molar-refractivity contribution in [2.24, 2.45) is 0 Å². The van der Waals surface area contributed by atoms with Gasteiger partial charge in [-0.25, -0.2) is 17.7 Å². The van der Waals surface area contributed by atoms with E-state index in [-0.39, 0.29) is 29.6 Å². The fraction of sp³-hybridized carbons (Fsp3) is 0.348. The summed E-state index contributed by atoms with van der Waals surface area (Å²) in [6.45, 7) is 6.03. The van der Waals surface area contributed by atoms with Crippen molar-refractivity contribution in [3.8, 4) is 0 Å². The zero-order chi connectivity index (χ0) is 23.5. The monoisotopic (exact) mass is 473 g/mol. The molecule has 0 aliphatic rings. The van der Waals surface area contributed by atoms with E-state index in [0.29, 0.717) is 23.7 Å². The van der Waals surface area contributed by atoms with Crippen LogP contribution in [0.4, 0.5) is 5.13 Å². The number of carbonyl (C=O) groups excluding carboxylic acids is 2. The Labute approximate surface area is 192 Å². The summed E-state index contributed by atoms with van der Waals surface area (Å²) in [7, 11) is -2.20. The van der Waals surface area contributed by atoms with Crippen molar-refractivity contribution < 1.29 is 18.0 Å². The first kappa shape index (κ1) is 24.0. The van der Waals surface area contributed by atoms with Gasteiger partial charge >= 0.3 is 0 Å². The Morgan fingerprint density at radius 3 is 2.38 bits per heavy atom. The molecule has 0 bridgehead atoms. The van der Waals surface area contributed by atoms with Gasteiger partial charge < -0.3 is 0 Å². The highest BCUT2D eigenvalue weighted by molar-refractivity contribution is 7.89. The smallest absolute Gasteiger partial charge is 0.242 e. The van der Waals surface area contributed by atoms with Gasteiger partial charge in [-0.15, -0.1) is 0 Å². The van der Waals surface area contributed by atoms with Crippen LogP contribution in [-0.2, 0) is 14.8 Å². The van der Waals surface area contributed by atoms with E-state index in [4.69, 9.17) is 0 Å². The van der Waals surface area contributed by atoms with Crippen molar-refractivity contribution in [3.05, 3.63) is 53.6 Å². The largest absolute Gasteiger partial charge is 0.295 e. The quantitative estimate of drug-likeness (QED) is 0.433. The SMILES string of the molecule is CCN(C(=O)CCCN(C)S(=O)(=O)c1ccc(C(C)=O)cc1)c1nc2c(C)cccc2s1. The number of thiazole rings is 1. The third kappa shape index (κ3) is 5.06. The Hall–Kier alpha value is -2.62. The van der Waals surface area contributed by atoms with E-state index in [1.807, 2.05) is 32.0 Å². The molecular weight excluding hydrogens is 446 g/mol. The number of Topliss-reactive ketones (excluding diaryl/α,β-unsaturated/α-hetero) is 1. The number of rotatable bonds is 9. The molecule has 0 atom stereocenters. The molecule has 32 heavy (non-hydrogen) atoms. The number of nitrogens with zero attached hydrogens (tertiary/aromatic N) is 3. The lowest BCUT2D eigenvalue weighted by Gasteiger charge is -2.20. The molecule has 1 aromatic heterocycles. The molecule has 3 rings (SSSR count). The Kier molecular flexibility index (Phi) is 7.43. The Morgan fingerprint density at radius 2 is 1.78 bits per heavy atom. The van der Waals surface area contributed by atoms with Gasteiger partial charge in [0.2, 0.25) is 15.9 Å². The summed E-state index contributed by atoms with van der Waals surface area (Å²) in [5.41, 5.74) is 2.43. The highest BCUT2D eigenvalue weighted by atomic mass is 32.2. The molecule has 0 radical (unpaired) electrons. The van der Waals surface area contributed by atoms with Gasteiger partial charge in [-0.3, -0.25) is 14.5 Å². The van der Waals surface area contributed by atoms with Gasteiger partial charge in [0.15, 0.2) is 10.9 Å². The number of benzene rings is 2. The topological polar surface area (TPSA) is 87.7 Å². The molecule has 7 nitrogen and oxygen atoms in total. The maximum Gasteiger partial charge on any atom is 0.242 e. The van der Waals surface area contributed by atoms with Crippen LogP contribution in [0, 0.1) is 6.92 Å². The molecule has 0 N–H and O–H groups in total. The summed E-state index contributed by atoms with van der Waals surface area (Å²) in [5, 5.41) is 0.660. The van der Waals surface area contributed by atoms with Gasteiger partial charge in [0.05, 0.1) is 15.1 Å². The van der Waals surface area contributed by atoms with Crippen LogP contribution in [0.25, 0.3) is 10.2 Å². The maximum absolute atomic E-state index is 12.8. The van der Waals surface area contributed by atoms with E-state index < -0.39 is 10.0 Å². The molecule has 0 saturated carbocycles. The van der Waals surface area contributed by atoms with Crippen molar-refractivity contribution in [1.29, 1.82) is 0 Å². The predicted octanol–water partition coefficient (Wildman–Crippen LogP) is 4.26. The number of anilines is 1. The van der Waals surface area contributed by atoms with Crippen LogP contribution in [0.3, 0.4) is 0 Å². The lowest BCUT2D eigenvalue weighted by molar-refractivity contribution is -0.118. The summed E-state index contributed by atoms with van der Waals surface area (Å²) in [5.74, 6) is -0.203. The normalized spacial score (nSPS) is 11.8. The van der Waals surface area contributed by atoms with Gasteiger partial charge in [0.25, 0.3) is 0 Å². The Balaban J connectivity index is 1.63. The van der Waals surface area contributed by atoms with Crippen LogP contribution in [0.5, 0.6) is 0 Å². The number of fused-ring (bicyclic) bond motifs is 1. The number of aryl methyl sites for hydroxylation is 1. The molecule has 170 valence electrons. The number of hydrogen-bond donors (Lipinski definition) is 0. The zero-order valence-corrected chi connectivity index (χ0v) is 20.3. The molecule has 2 aromatic carbocycles. The number of carbonyl (C=O) groups is 2. The second-order valence-corrected chi connectivity index (χ2v) is 10.6. The minimum absolute atomic E-state index is 0.0826. The summed E-state index contributed by atoms with van der Waals surface area (Å²) < 4.78 is 27.8. The van der Waals surface area contributed by atoms with Crippen LogP contribution in [-0.4, -0.2) is 49.5 Å². The third-order valence-electron chi connectivity index (χ3n) is 5.29. The standard InChI is InChI=1S/C23H27N3O4S2/c1-5-26(23-24-22-16(2)8-6-9-20(22)31-23)21(28)10-7-15-25(4)32(29,30)19-13-11-18(12-14-19)17(3)27/h6,8-9,11-14H,5,7,10,15H2,1-4H3. The molecule has 0 saturated heterocycles. The molecular formula is C23H27N3O4S2. The fourth-order valence-corrected chi connectivity index (χ4v) is 5.69. The van der Waals surface area contributed by atoms with Crippen molar-refractivity contribution in [3.63, 3.8) is 0 Å². The van der Waals surface area contributed by atoms with Gasteiger partial charge in [-0.2, -0.15) is 0 Å². The van der Waals surface area contributed by atoms with E-state index in [1.54, 1.807) is 4.90 Å². The average Bonchev–Trinajstić information content (AvgIpc) is 3.19. The van der Waals surface area contributed by atoms with Crippen molar-refractivity contribution in [2.75, 3.05) is 25.0 Å². The molecule has 0 unspecified atom stereocenters. The van der Waals surface area contributed by atoms with Crippen LogP contribution in [0.15, 0.2) is 47.4 Å². The van der Waals surface area contributed by atoms with Crippen LogP contribution in [0.2, 0.25) is 0 Å². The summed E-state index contributed by atoms with van der Waals surface area (Å²) in [6, 6.07) is 11.8. The second-order valence-electron chi connectivity index (χ2n) is 7.57. The number of ketones is 1. The molecule has 1 heterocycles. The number of amides is 1. The Morgan fingerprint density at radius 1 is 1.09 bits per heavy atom. The number of aromatic nitrogens is 1. The second kappa shape index (κ2) is 9.89. The lowest BCUT2D eigenvalue weighted by Crippen LogP contribution is -2.32. The van der Waals surface area contributed by atoms with Crippen LogP contribution >= 0.6 is 11.3 Å². The van der Waals surface area contributed by atoms with Gasteiger partial charge in [-0.1, -0.05) is 35.6 Å². The minimum Gasteiger partial charge on any atom is -0.295 e. The first-order valence-corrected chi connectivity index (χ1v) is 12.6. The minimum atomic E-state index is -3.69. The molecule has 0 aliphatic carbocycles. The number of sulfonamides is 1. The zero-order valence-electron chi connectivity index (χ0n) is 18.7. The van der Waals surface area contributed by atoms with E-state index in [1.165, 1.54) is 53.9 Å². The van der Waals surface area contributed by atoms with E-state index in [0.717, 1.165) is 15.8 Å². The van der Waals surface area contributed by atoms with Crippen molar-refractivity contribution in [2.45, 2.75) is 38.5 Å². The molecule has 3 aromatic rings. The van der Waals surface area contributed by atoms with Crippen molar-refractivity contribution in [1.82, 2.24) is 9.29 Å². The number of para-hydroxylation sites is 1. The summed E-state index contributed by atoms with van der Waals surface area (Å²) in [6.07, 6.45) is 0.604. The van der Waals surface area contributed by atoms with Crippen molar-refractivity contribution >= 4 is 48.4 Å².